The van der Waals surface area contributed by atoms with Gasteiger partial charge in [-0.1, -0.05) is 13.8 Å². The summed E-state index contributed by atoms with van der Waals surface area (Å²) in [6, 6.07) is 6.78. The van der Waals surface area contributed by atoms with Crippen LogP contribution in [0.1, 0.15) is 39.5 Å². The van der Waals surface area contributed by atoms with E-state index in [1.165, 1.54) is 0 Å². The predicted octanol–water partition coefficient (Wildman–Crippen LogP) is 2.81. The fourth-order valence-corrected chi connectivity index (χ4v) is 3.02. The average molecular weight is 384 g/mol. The van der Waals surface area contributed by atoms with Crippen LogP contribution >= 0.6 is 12.4 Å². The lowest BCUT2D eigenvalue weighted by Crippen LogP contribution is -2.49. The quantitative estimate of drug-likeness (QED) is 0.722. The smallest absolute Gasteiger partial charge is 0.247 e. The molecule has 1 heterocycles. The zero-order chi connectivity index (χ0) is 18.2. The lowest BCUT2D eigenvalue weighted by Gasteiger charge is -2.34. The molecule has 1 aromatic carbocycles. The number of anilines is 1. The maximum absolute atomic E-state index is 12.8. The van der Waals surface area contributed by atoms with Gasteiger partial charge in [0.05, 0.1) is 0 Å². The van der Waals surface area contributed by atoms with Crippen molar-refractivity contribution < 1.29 is 14.3 Å². The minimum absolute atomic E-state index is 0. The van der Waals surface area contributed by atoms with Crippen LogP contribution in [0.15, 0.2) is 24.3 Å². The third-order valence-electron chi connectivity index (χ3n) is 4.24. The molecule has 2 rings (SSSR count). The van der Waals surface area contributed by atoms with Crippen LogP contribution in [0.25, 0.3) is 0 Å². The molecule has 3 N–H and O–H groups in total. The predicted molar refractivity (Wildman–Crippen MR) is 106 cm³/mol. The van der Waals surface area contributed by atoms with Crippen LogP contribution in [0, 0.1) is 5.92 Å². The molecular weight excluding hydrogens is 354 g/mol. The highest BCUT2D eigenvalue weighted by Gasteiger charge is 2.31. The first-order valence-corrected chi connectivity index (χ1v) is 9.04. The van der Waals surface area contributed by atoms with E-state index in [-0.39, 0.29) is 24.2 Å². The van der Waals surface area contributed by atoms with E-state index in [0.717, 1.165) is 12.8 Å². The van der Waals surface area contributed by atoms with Crippen molar-refractivity contribution in [3.63, 3.8) is 0 Å². The molecule has 26 heavy (non-hydrogen) atoms. The number of carbonyl (C=O) groups excluding carboxylic acids is 2. The van der Waals surface area contributed by atoms with E-state index in [0.29, 0.717) is 49.9 Å². The summed E-state index contributed by atoms with van der Waals surface area (Å²) >= 11 is 0. The second kappa shape index (κ2) is 11.0. The highest BCUT2D eigenvalue weighted by Crippen LogP contribution is 2.21. The maximum atomic E-state index is 12.8. The van der Waals surface area contributed by atoms with Gasteiger partial charge >= 0.3 is 0 Å². The maximum Gasteiger partial charge on any atom is 0.247 e. The number of hydrogen-bond acceptors (Lipinski definition) is 4. The first-order chi connectivity index (χ1) is 12.0. The van der Waals surface area contributed by atoms with E-state index in [9.17, 15) is 9.59 Å². The molecule has 6 nitrogen and oxygen atoms in total. The van der Waals surface area contributed by atoms with Gasteiger partial charge in [-0.25, -0.2) is 0 Å². The molecule has 1 aliphatic rings. The van der Waals surface area contributed by atoms with E-state index in [4.69, 9.17) is 10.5 Å². The number of amides is 2. The average Bonchev–Trinajstić information content (AvgIpc) is 2.59. The van der Waals surface area contributed by atoms with Crippen molar-refractivity contribution in [1.29, 1.82) is 0 Å². The van der Waals surface area contributed by atoms with Crippen molar-refractivity contribution in [1.82, 2.24) is 4.90 Å². The number of hydrogen-bond donors (Lipinski definition) is 2. The number of likely N-dealkylation sites (tertiary alicyclic amines) is 1. The van der Waals surface area contributed by atoms with Crippen LogP contribution in [0.4, 0.5) is 5.69 Å². The third kappa shape index (κ3) is 6.50. The summed E-state index contributed by atoms with van der Waals surface area (Å²) in [5, 5.41) is 2.94. The molecule has 0 spiro atoms. The fourth-order valence-electron chi connectivity index (χ4n) is 3.02. The second-order valence-corrected chi connectivity index (χ2v) is 6.84. The lowest BCUT2D eigenvalue weighted by atomic mass is 9.98. The number of halogens is 1. The van der Waals surface area contributed by atoms with Crippen LogP contribution in [-0.2, 0) is 9.59 Å². The van der Waals surface area contributed by atoms with Crippen molar-refractivity contribution in [2.24, 2.45) is 11.7 Å². The van der Waals surface area contributed by atoms with E-state index < -0.39 is 6.04 Å². The van der Waals surface area contributed by atoms with Crippen molar-refractivity contribution in [2.75, 3.05) is 25.0 Å². The number of nitrogens with one attached hydrogen (secondary N) is 1. The first-order valence-electron chi connectivity index (χ1n) is 9.04. The van der Waals surface area contributed by atoms with Gasteiger partial charge in [0.25, 0.3) is 0 Å². The standard InChI is InChI=1S/C19H29N3O3.ClH/c1-14(2)13-17(22-11-4-3-5-18(22)23)19(24)21-15-6-8-16(9-7-15)25-12-10-20;/h6-9,14,17H,3-5,10-13,20H2,1-2H3,(H,21,24);1H. The Kier molecular flexibility index (Phi) is 9.44. The second-order valence-electron chi connectivity index (χ2n) is 6.84. The van der Waals surface area contributed by atoms with Crippen LogP contribution in [-0.4, -0.2) is 42.5 Å². The number of nitrogens with zero attached hydrogens (tertiary/aromatic N) is 1. The largest absolute Gasteiger partial charge is 0.492 e. The van der Waals surface area contributed by atoms with E-state index >= 15 is 0 Å². The van der Waals surface area contributed by atoms with Crippen molar-refractivity contribution in [3.05, 3.63) is 24.3 Å². The molecule has 2 amide bonds. The molecule has 146 valence electrons. The van der Waals surface area contributed by atoms with E-state index in [1.807, 2.05) is 0 Å². The van der Waals surface area contributed by atoms with Crippen molar-refractivity contribution >= 4 is 29.9 Å². The highest BCUT2D eigenvalue weighted by molar-refractivity contribution is 5.97. The number of ether oxygens (including phenoxy) is 1. The molecule has 0 aromatic heterocycles. The van der Waals surface area contributed by atoms with E-state index in [1.54, 1.807) is 29.2 Å². The topological polar surface area (TPSA) is 84.7 Å². The van der Waals surface area contributed by atoms with Crippen molar-refractivity contribution in [3.8, 4) is 5.75 Å². The molecule has 1 saturated heterocycles. The summed E-state index contributed by atoms with van der Waals surface area (Å²) in [6.45, 7) is 5.71. The molecule has 7 heteroatoms. The molecule has 0 saturated carbocycles. The minimum atomic E-state index is -0.416. The van der Waals surface area contributed by atoms with Gasteiger partial charge in [-0.2, -0.15) is 0 Å². The molecule has 0 bridgehead atoms. The van der Waals surface area contributed by atoms with Gasteiger partial charge in [-0.05, 0) is 49.4 Å². The summed E-state index contributed by atoms with van der Waals surface area (Å²) in [7, 11) is 0. The van der Waals surface area contributed by atoms with Crippen LogP contribution < -0.4 is 15.8 Å². The SMILES string of the molecule is CC(C)CC(C(=O)Nc1ccc(OCCN)cc1)N1CCCCC1=O.Cl. The molecule has 0 radical (unpaired) electrons. The van der Waals surface area contributed by atoms with Gasteiger partial charge in [-0.3, -0.25) is 9.59 Å². The van der Waals surface area contributed by atoms with Crippen molar-refractivity contribution in [2.45, 2.75) is 45.6 Å². The summed E-state index contributed by atoms with van der Waals surface area (Å²) in [6.07, 6.45) is 3.07. The molecular formula is C19H30ClN3O3. The molecule has 1 aliphatic heterocycles. The molecule has 1 unspecified atom stereocenters. The van der Waals surface area contributed by atoms with Gasteiger partial charge < -0.3 is 20.7 Å². The molecule has 1 atom stereocenters. The molecule has 1 aromatic rings. The summed E-state index contributed by atoms with van der Waals surface area (Å²) in [5.74, 6) is 1.00. The van der Waals surface area contributed by atoms with Crippen LogP contribution in [0.2, 0.25) is 0 Å². The molecule has 0 aliphatic carbocycles. The van der Waals surface area contributed by atoms with Gasteiger partial charge in [-0.15, -0.1) is 12.4 Å². The Morgan fingerprint density at radius 3 is 2.54 bits per heavy atom. The first kappa shape index (κ1) is 22.3. The Morgan fingerprint density at radius 2 is 1.96 bits per heavy atom. The van der Waals surface area contributed by atoms with Crippen LogP contribution in [0.3, 0.4) is 0 Å². The zero-order valence-electron chi connectivity index (χ0n) is 15.6. The van der Waals surface area contributed by atoms with E-state index in [2.05, 4.69) is 19.2 Å². The minimum Gasteiger partial charge on any atom is -0.492 e. The Bertz CT molecular complexity index is 578. The number of rotatable bonds is 8. The zero-order valence-corrected chi connectivity index (χ0v) is 16.4. The molecule has 1 fully saturated rings. The summed E-state index contributed by atoms with van der Waals surface area (Å²) in [5.41, 5.74) is 6.11. The number of nitrogens with two attached hydrogens (primary N) is 1. The summed E-state index contributed by atoms with van der Waals surface area (Å²) in [4.78, 5) is 26.8. The van der Waals surface area contributed by atoms with Gasteiger partial charge in [0.2, 0.25) is 11.8 Å². The number of benzene rings is 1. The normalized spacial score (nSPS) is 15.4. The third-order valence-corrected chi connectivity index (χ3v) is 4.24. The monoisotopic (exact) mass is 383 g/mol. The Morgan fingerprint density at radius 1 is 1.27 bits per heavy atom. The van der Waals surface area contributed by atoms with Gasteiger partial charge in [0.1, 0.15) is 18.4 Å². The van der Waals surface area contributed by atoms with Gasteiger partial charge in [0.15, 0.2) is 0 Å². The number of piperidine rings is 1. The fraction of sp³-hybridized carbons (Fsp3) is 0.579. The Labute approximate surface area is 161 Å². The highest BCUT2D eigenvalue weighted by atomic mass is 35.5. The van der Waals surface area contributed by atoms with Crippen LogP contribution in [0.5, 0.6) is 5.75 Å². The Balaban J connectivity index is 0.00000338. The lowest BCUT2D eigenvalue weighted by molar-refractivity contribution is -0.141. The summed E-state index contributed by atoms with van der Waals surface area (Å²) < 4.78 is 5.43. The Hall–Kier alpha value is -1.79. The van der Waals surface area contributed by atoms with Gasteiger partial charge in [0, 0.05) is 25.2 Å². The number of carbonyl (C=O) groups is 2.